The van der Waals surface area contributed by atoms with E-state index in [2.05, 4.69) is 30.3 Å². The van der Waals surface area contributed by atoms with Crippen molar-refractivity contribution < 1.29 is 4.79 Å². The zero-order valence-electron chi connectivity index (χ0n) is 13.2. The molecule has 0 saturated carbocycles. The van der Waals surface area contributed by atoms with Gasteiger partial charge < -0.3 is 5.32 Å². The van der Waals surface area contributed by atoms with Gasteiger partial charge in [-0.05, 0) is 44.9 Å². The molecule has 2 aromatic rings. The van der Waals surface area contributed by atoms with Gasteiger partial charge in [0, 0.05) is 24.3 Å². The van der Waals surface area contributed by atoms with Crippen molar-refractivity contribution >= 4 is 5.91 Å². The lowest BCUT2D eigenvalue weighted by molar-refractivity contribution is 0.0946. The molecule has 1 aromatic heterocycles. The van der Waals surface area contributed by atoms with Gasteiger partial charge >= 0.3 is 0 Å². The third-order valence-electron chi connectivity index (χ3n) is 3.51. The molecule has 0 saturated heterocycles. The van der Waals surface area contributed by atoms with Crippen molar-refractivity contribution in [3.8, 4) is 0 Å². The molecule has 0 aliphatic heterocycles. The fourth-order valence-corrected chi connectivity index (χ4v) is 2.29. The van der Waals surface area contributed by atoms with Crippen LogP contribution in [0.15, 0.2) is 30.3 Å². The lowest BCUT2D eigenvalue weighted by atomic mass is 10.1. The van der Waals surface area contributed by atoms with Crippen molar-refractivity contribution in [2.75, 3.05) is 6.54 Å². The maximum absolute atomic E-state index is 12.1. The zero-order chi connectivity index (χ0) is 15.4. The van der Waals surface area contributed by atoms with Crippen LogP contribution in [0.4, 0.5) is 0 Å². The smallest absolute Gasteiger partial charge is 0.251 e. The summed E-state index contributed by atoms with van der Waals surface area (Å²) < 4.78 is 2.00. The number of hydrogen-bond donors (Lipinski definition) is 1. The molecule has 1 atom stereocenters. The predicted octanol–water partition coefficient (Wildman–Crippen LogP) is 2.87. The average Bonchev–Trinajstić information content (AvgIpc) is 2.75. The molecule has 4 nitrogen and oxygen atoms in total. The fourth-order valence-electron chi connectivity index (χ4n) is 2.29. The summed E-state index contributed by atoms with van der Waals surface area (Å²) in [4.78, 5) is 12.1. The molecule has 4 heteroatoms. The Morgan fingerprint density at radius 3 is 2.48 bits per heavy atom. The Kier molecular flexibility index (Phi) is 4.78. The van der Waals surface area contributed by atoms with Crippen molar-refractivity contribution in [1.82, 2.24) is 15.1 Å². The van der Waals surface area contributed by atoms with E-state index in [-0.39, 0.29) is 5.91 Å². The first kappa shape index (κ1) is 15.3. The first-order chi connectivity index (χ1) is 9.95. The molecular weight excluding hydrogens is 262 g/mol. The number of carbonyl (C=O) groups is 1. The van der Waals surface area contributed by atoms with Crippen LogP contribution >= 0.6 is 0 Å². The van der Waals surface area contributed by atoms with Crippen LogP contribution in [-0.2, 0) is 6.54 Å². The van der Waals surface area contributed by atoms with E-state index in [0.29, 0.717) is 18.0 Å². The SMILES string of the molecule is Cc1ccc(C(=O)NC[C@@H](C)Cn2nc(C)cc2C)cc1. The van der Waals surface area contributed by atoms with Crippen molar-refractivity contribution in [3.63, 3.8) is 0 Å². The van der Waals surface area contributed by atoms with Crippen LogP contribution in [0.2, 0.25) is 0 Å². The second-order valence-corrected chi connectivity index (χ2v) is 5.79. The number of aromatic nitrogens is 2. The molecule has 2 rings (SSSR count). The number of aryl methyl sites for hydroxylation is 3. The molecule has 0 radical (unpaired) electrons. The summed E-state index contributed by atoms with van der Waals surface area (Å²) in [5.41, 5.74) is 4.05. The van der Waals surface area contributed by atoms with Crippen molar-refractivity contribution in [2.45, 2.75) is 34.2 Å². The third-order valence-corrected chi connectivity index (χ3v) is 3.51. The number of amides is 1. The Morgan fingerprint density at radius 2 is 1.90 bits per heavy atom. The predicted molar refractivity (Wildman–Crippen MR) is 84.4 cm³/mol. The van der Waals surface area contributed by atoms with E-state index in [9.17, 15) is 4.79 Å². The summed E-state index contributed by atoms with van der Waals surface area (Å²) in [6.45, 7) is 9.63. The summed E-state index contributed by atoms with van der Waals surface area (Å²) >= 11 is 0. The second-order valence-electron chi connectivity index (χ2n) is 5.79. The Morgan fingerprint density at radius 1 is 1.24 bits per heavy atom. The van der Waals surface area contributed by atoms with Gasteiger partial charge in [-0.3, -0.25) is 9.48 Å². The van der Waals surface area contributed by atoms with Crippen LogP contribution in [0.1, 0.15) is 34.2 Å². The summed E-state index contributed by atoms with van der Waals surface area (Å²) in [5, 5.41) is 7.43. The molecule has 0 aliphatic rings. The maximum Gasteiger partial charge on any atom is 0.251 e. The van der Waals surface area contributed by atoms with Gasteiger partial charge in [-0.15, -0.1) is 0 Å². The largest absolute Gasteiger partial charge is 0.352 e. The van der Waals surface area contributed by atoms with E-state index >= 15 is 0 Å². The van der Waals surface area contributed by atoms with Crippen molar-refractivity contribution in [1.29, 1.82) is 0 Å². The number of nitrogens with one attached hydrogen (secondary N) is 1. The van der Waals surface area contributed by atoms with Crippen molar-refractivity contribution in [3.05, 3.63) is 52.8 Å². The monoisotopic (exact) mass is 285 g/mol. The molecule has 112 valence electrons. The lowest BCUT2D eigenvalue weighted by Gasteiger charge is -2.14. The highest BCUT2D eigenvalue weighted by Gasteiger charge is 2.10. The van der Waals surface area contributed by atoms with E-state index < -0.39 is 0 Å². The third kappa shape index (κ3) is 4.18. The van der Waals surface area contributed by atoms with Crippen LogP contribution in [0.5, 0.6) is 0 Å². The molecule has 0 fully saturated rings. The van der Waals surface area contributed by atoms with Crippen LogP contribution in [0.25, 0.3) is 0 Å². The van der Waals surface area contributed by atoms with Gasteiger partial charge in [-0.25, -0.2) is 0 Å². The van der Waals surface area contributed by atoms with Gasteiger partial charge in [0.2, 0.25) is 0 Å². The molecule has 1 N–H and O–H groups in total. The van der Waals surface area contributed by atoms with Gasteiger partial charge in [0.05, 0.1) is 5.69 Å². The highest BCUT2D eigenvalue weighted by atomic mass is 16.1. The highest BCUT2D eigenvalue weighted by molar-refractivity contribution is 5.94. The molecule has 0 aliphatic carbocycles. The number of benzene rings is 1. The molecule has 1 aromatic carbocycles. The van der Waals surface area contributed by atoms with E-state index in [1.54, 1.807) is 0 Å². The van der Waals surface area contributed by atoms with Gasteiger partial charge in [0.15, 0.2) is 0 Å². The van der Waals surface area contributed by atoms with Gasteiger partial charge in [-0.1, -0.05) is 24.6 Å². The Bertz CT molecular complexity index is 613. The minimum atomic E-state index is -0.0183. The summed E-state index contributed by atoms with van der Waals surface area (Å²) in [7, 11) is 0. The van der Waals surface area contributed by atoms with E-state index in [0.717, 1.165) is 23.5 Å². The minimum absolute atomic E-state index is 0.0183. The Hall–Kier alpha value is -2.10. The molecule has 0 spiro atoms. The average molecular weight is 285 g/mol. The molecule has 0 unspecified atom stereocenters. The zero-order valence-corrected chi connectivity index (χ0v) is 13.2. The maximum atomic E-state index is 12.1. The Balaban J connectivity index is 1.86. The molecule has 0 bridgehead atoms. The number of carbonyl (C=O) groups excluding carboxylic acids is 1. The Labute approximate surface area is 126 Å². The highest BCUT2D eigenvalue weighted by Crippen LogP contribution is 2.07. The summed E-state index contributed by atoms with van der Waals surface area (Å²) in [6.07, 6.45) is 0. The molecule has 21 heavy (non-hydrogen) atoms. The number of hydrogen-bond acceptors (Lipinski definition) is 2. The standard InChI is InChI=1S/C17H23N3O/c1-12-5-7-16(8-6-12)17(21)18-10-13(2)11-20-15(4)9-14(3)19-20/h5-9,13H,10-11H2,1-4H3,(H,18,21)/t13-/m1/s1. The fraction of sp³-hybridized carbons (Fsp3) is 0.412. The van der Waals surface area contributed by atoms with Gasteiger partial charge in [0.25, 0.3) is 5.91 Å². The van der Waals surface area contributed by atoms with Crippen LogP contribution in [-0.4, -0.2) is 22.2 Å². The summed E-state index contributed by atoms with van der Waals surface area (Å²) in [5.74, 6) is 0.313. The van der Waals surface area contributed by atoms with E-state index in [4.69, 9.17) is 0 Å². The van der Waals surface area contributed by atoms with Crippen molar-refractivity contribution in [2.24, 2.45) is 5.92 Å². The summed E-state index contributed by atoms with van der Waals surface area (Å²) in [6, 6.07) is 9.69. The number of rotatable bonds is 5. The molecule has 1 amide bonds. The normalized spacial score (nSPS) is 12.2. The molecule has 1 heterocycles. The van der Waals surface area contributed by atoms with Gasteiger partial charge in [-0.2, -0.15) is 5.10 Å². The number of nitrogens with zero attached hydrogens (tertiary/aromatic N) is 2. The topological polar surface area (TPSA) is 46.9 Å². The second kappa shape index (κ2) is 6.57. The minimum Gasteiger partial charge on any atom is -0.352 e. The van der Waals surface area contributed by atoms with Crippen LogP contribution < -0.4 is 5.32 Å². The van der Waals surface area contributed by atoms with E-state index in [1.165, 1.54) is 0 Å². The van der Waals surface area contributed by atoms with Gasteiger partial charge in [0.1, 0.15) is 0 Å². The molecular formula is C17H23N3O. The van der Waals surface area contributed by atoms with E-state index in [1.807, 2.05) is 42.8 Å². The van der Waals surface area contributed by atoms with Crippen LogP contribution in [0, 0.1) is 26.7 Å². The first-order valence-corrected chi connectivity index (χ1v) is 7.31. The lowest BCUT2D eigenvalue weighted by Crippen LogP contribution is -2.30. The quantitative estimate of drug-likeness (QED) is 0.918. The van der Waals surface area contributed by atoms with Crippen LogP contribution in [0.3, 0.4) is 0 Å². The first-order valence-electron chi connectivity index (χ1n) is 7.31.